The Labute approximate surface area is 228 Å². The number of methoxy groups -OCH3 is 2. The maximum atomic E-state index is 14.1. The highest BCUT2D eigenvalue weighted by molar-refractivity contribution is 5.90. The van der Waals surface area contributed by atoms with Crippen molar-refractivity contribution < 1.29 is 19.1 Å². The highest BCUT2D eigenvalue weighted by atomic mass is 16.5. The molecule has 0 aliphatic carbocycles. The number of nitrogens with zero attached hydrogens (tertiary/aromatic N) is 4. The predicted octanol–water partition coefficient (Wildman–Crippen LogP) is 4.18. The Balaban J connectivity index is 1.80. The van der Waals surface area contributed by atoms with Gasteiger partial charge in [-0.05, 0) is 51.0 Å². The van der Waals surface area contributed by atoms with E-state index in [1.165, 1.54) is 7.11 Å². The van der Waals surface area contributed by atoms with E-state index in [0.717, 1.165) is 11.1 Å². The molecule has 0 bridgehead atoms. The molecule has 0 saturated carbocycles. The number of rotatable bonds is 10. The lowest BCUT2D eigenvalue weighted by Crippen LogP contribution is -2.50. The maximum Gasteiger partial charge on any atom is 0.247 e. The second-order valence-corrected chi connectivity index (χ2v) is 10.3. The van der Waals surface area contributed by atoms with Gasteiger partial charge in [0, 0.05) is 17.6 Å². The van der Waals surface area contributed by atoms with Crippen molar-refractivity contribution in [2.24, 2.45) is 0 Å². The highest BCUT2D eigenvalue weighted by Crippen LogP contribution is 2.37. The number of aromatic nitrogens is 3. The number of benzene rings is 3. The normalized spacial score (nSPS) is 12.1. The molecule has 0 saturated heterocycles. The zero-order valence-corrected chi connectivity index (χ0v) is 23.0. The summed E-state index contributed by atoms with van der Waals surface area (Å²) in [5.74, 6) is 0.276. The largest absolute Gasteiger partial charge is 0.493 e. The van der Waals surface area contributed by atoms with Gasteiger partial charge in [0.15, 0.2) is 11.5 Å². The lowest BCUT2D eigenvalue weighted by Gasteiger charge is -2.34. The first kappa shape index (κ1) is 27.6. The van der Waals surface area contributed by atoms with Gasteiger partial charge >= 0.3 is 0 Å². The minimum Gasteiger partial charge on any atom is -0.493 e. The summed E-state index contributed by atoms with van der Waals surface area (Å²) in [6.45, 7) is 5.92. The molecule has 0 unspecified atom stereocenters. The zero-order chi connectivity index (χ0) is 28.0. The first-order valence-corrected chi connectivity index (χ1v) is 12.9. The summed E-state index contributed by atoms with van der Waals surface area (Å²) in [5.41, 5.74) is 2.48. The molecule has 1 aromatic heterocycles. The van der Waals surface area contributed by atoms with Crippen LogP contribution in [0.5, 0.6) is 11.5 Å². The fraction of sp³-hybridized carbons (Fsp3) is 0.333. The van der Waals surface area contributed by atoms with Gasteiger partial charge in [0.2, 0.25) is 11.8 Å². The summed E-state index contributed by atoms with van der Waals surface area (Å²) in [5, 5.41) is 11.5. The SMILES string of the molecule is COc1cccc([C@@H](C(=O)NC(C)(C)C)N(CCc2ccccc2)C(=O)Cn2nnc3ccccc32)c1OC. The van der Waals surface area contributed by atoms with Crippen molar-refractivity contribution >= 4 is 22.8 Å². The van der Waals surface area contributed by atoms with Crippen LogP contribution in [-0.4, -0.2) is 58.0 Å². The average molecular weight is 530 g/mol. The van der Waals surface area contributed by atoms with Crippen molar-refractivity contribution in [2.45, 2.75) is 45.3 Å². The number of fused-ring (bicyclic) bond motifs is 1. The van der Waals surface area contributed by atoms with Crippen LogP contribution in [-0.2, 0) is 22.6 Å². The first-order chi connectivity index (χ1) is 18.7. The van der Waals surface area contributed by atoms with Crippen LogP contribution in [0.2, 0.25) is 0 Å². The fourth-order valence-corrected chi connectivity index (χ4v) is 4.56. The van der Waals surface area contributed by atoms with Crippen molar-refractivity contribution in [2.75, 3.05) is 20.8 Å². The molecule has 0 radical (unpaired) electrons. The Bertz CT molecular complexity index is 1430. The van der Waals surface area contributed by atoms with E-state index in [1.54, 1.807) is 34.9 Å². The molecule has 1 atom stereocenters. The van der Waals surface area contributed by atoms with Crippen LogP contribution >= 0.6 is 0 Å². The Morgan fingerprint density at radius 3 is 2.36 bits per heavy atom. The van der Waals surface area contributed by atoms with Crippen LogP contribution < -0.4 is 14.8 Å². The average Bonchev–Trinajstić information content (AvgIpc) is 3.32. The van der Waals surface area contributed by atoms with Crippen LogP contribution in [0.25, 0.3) is 11.0 Å². The molecule has 0 fully saturated rings. The number of para-hydroxylation sites is 2. The van der Waals surface area contributed by atoms with Crippen LogP contribution in [0.4, 0.5) is 0 Å². The molecule has 3 aromatic carbocycles. The number of nitrogens with one attached hydrogen (secondary N) is 1. The van der Waals surface area contributed by atoms with Crippen molar-refractivity contribution in [1.29, 1.82) is 0 Å². The molecule has 0 spiro atoms. The maximum absolute atomic E-state index is 14.1. The number of carbonyl (C=O) groups is 2. The van der Waals surface area contributed by atoms with E-state index in [2.05, 4.69) is 15.6 Å². The van der Waals surface area contributed by atoms with Gasteiger partial charge in [-0.2, -0.15) is 0 Å². The van der Waals surface area contributed by atoms with E-state index < -0.39 is 11.6 Å². The summed E-state index contributed by atoms with van der Waals surface area (Å²) >= 11 is 0. The summed E-state index contributed by atoms with van der Waals surface area (Å²) in [4.78, 5) is 29.7. The molecule has 0 aliphatic rings. The van der Waals surface area contributed by atoms with Crippen molar-refractivity contribution in [3.05, 3.63) is 83.9 Å². The number of hydrogen-bond donors (Lipinski definition) is 1. The minimum atomic E-state index is -0.986. The quantitative estimate of drug-likeness (QED) is 0.331. The first-order valence-electron chi connectivity index (χ1n) is 12.9. The van der Waals surface area contributed by atoms with E-state index >= 15 is 0 Å². The molecule has 1 N–H and O–H groups in total. The Hall–Kier alpha value is -4.40. The van der Waals surface area contributed by atoms with Crippen molar-refractivity contribution in [3.63, 3.8) is 0 Å². The summed E-state index contributed by atoms with van der Waals surface area (Å²) < 4.78 is 12.8. The van der Waals surface area contributed by atoms with E-state index in [9.17, 15) is 9.59 Å². The van der Waals surface area contributed by atoms with Gasteiger partial charge in [-0.15, -0.1) is 5.10 Å². The van der Waals surface area contributed by atoms with E-state index in [1.807, 2.05) is 75.4 Å². The van der Waals surface area contributed by atoms with E-state index in [4.69, 9.17) is 9.47 Å². The smallest absolute Gasteiger partial charge is 0.247 e. The fourth-order valence-electron chi connectivity index (χ4n) is 4.56. The lowest BCUT2D eigenvalue weighted by molar-refractivity contribution is -0.142. The van der Waals surface area contributed by atoms with Crippen molar-refractivity contribution in [3.8, 4) is 11.5 Å². The Morgan fingerprint density at radius 1 is 0.949 bits per heavy atom. The van der Waals surface area contributed by atoms with Gasteiger partial charge in [0.25, 0.3) is 0 Å². The number of carbonyl (C=O) groups excluding carboxylic acids is 2. The van der Waals surface area contributed by atoms with Crippen LogP contribution in [0.15, 0.2) is 72.8 Å². The molecule has 1 heterocycles. The molecule has 39 heavy (non-hydrogen) atoms. The van der Waals surface area contributed by atoms with E-state index in [-0.39, 0.29) is 24.9 Å². The summed E-state index contributed by atoms with van der Waals surface area (Å²) in [6.07, 6.45) is 0.552. The molecule has 2 amide bonds. The van der Waals surface area contributed by atoms with Gasteiger partial charge in [-0.3, -0.25) is 9.59 Å². The third-order valence-corrected chi connectivity index (χ3v) is 6.30. The molecule has 4 aromatic rings. The van der Waals surface area contributed by atoms with Crippen LogP contribution in [0.3, 0.4) is 0 Å². The zero-order valence-electron chi connectivity index (χ0n) is 23.0. The monoisotopic (exact) mass is 529 g/mol. The topological polar surface area (TPSA) is 98.6 Å². The molecule has 9 nitrogen and oxygen atoms in total. The van der Waals surface area contributed by atoms with Crippen molar-refractivity contribution in [1.82, 2.24) is 25.2 Å². The highest BCUT2D eigenvalue weighted by Gasteiger charge is 2.36. The van der Waals surface area contributed by atoms with E-state index in [0.29, 0.717) is 29.0 Å². The van der Waals surface area contributed by atoms with Crippen LogP contribution in [0, 0.1) is 0 Å². The number of ether oxygens (including phenoxy) is 2. The summed E-state index contributed by atoms with van der Waals surface area (Å²) in [6, 6.07) is 21.7. The van der Waals surface area contributed by atoms with Gasteiger partial charge in [-0.25, -0.2) is 4.68 Å². The Kier molecular flexibility index (Phi) is 8.49. The third kappa shape index (κ3) is 6.54. The molecular formula is C30H35N5O4. The number of hydrogen-bond acceptors (Lipinski definition) is 6. The third-order valence-electron chi connectivity index (χ3n) is 6.30. The predicted molar refractivity (Wildman–Crippen MR) is 150 cm³/mol. The van der Waals surface area contributed by atoms with Crippen LogP contribution in [0.1, 0.15) is 37.9 Å². The standard InChI is InChI=1S/C30H35N5O4/c1-30(2,3)31-29(37)27(22-14-11-17-25(38-4)28(22)39-5)34(19-18-21-12-7-6-8-13-21)26(36)20-35-24-16-10-9-15-23(24)32-33-35/h6-17,27H,18-20H2,1-5H3,(H,31,37)/t27-/m0/s1. The number of amides is 2. The van der Waals surface area contributed by atoms with Gasteiger partial charge in [-0.1, -0.05) is 59.8 Å². The summed E-state index contributed by atoms with van der Waals surface area (Å²) in [7, 11) is 3.07. The molecule has 0 aliphatic heterocycles. The molecule has 204 valence electrons. The Morgan fingerprint density at radius 2 is 1.67 bits per heavy atom. The van der Waals surface area contributed by atoms with Gasteiger partial charge in [0.1, 0.15) is 18.1 Å². The second kappa shape index (κ2) is 12.0. The second-order valence-electron chi connectivity index (χ2n) is 10.3. The van der Waals surface area contributed by atoms with Gasteiger partial charge in [0.05, 0.1) is 19.7 Å². The molecule has 4 rings (SSSR count). The minimum absolute atomic E-state index is 0.0825. The lowest BCUT2D eigenvalue weighted by atomic mass is 9.99. The molecular weight excluding hydrogens is 494 g/mol. The molecule has 9 heteroatoms. The van der Waals surface area contributed by atoms with Gasteiger partial charge < -0.3 is 19.7 Å².